The van der Waals surface area contributed by atoms with Crippen molar-refractivity contribution in [2.24, 2.45) is 0 Å². The number of unbranched alkanes of at least 4 members (excludes halogenated alkanes) is 63. The van der Waals surface area contributed by atoms with Crippen LogP contribution >= 0.6 is 0 Å². The lowest BCUT2D eigenvalue weighted by Crippen LogP contribution is -2.45. The lowest BCUT2D eigenvalue weighted by atomic mass is 10.0. The van der Waals surface area contributed by atoms with Gasteiger partial charge in [-0.05, 0) is 32.1 Å². The number of hydrogen-bond donors (Lipinski definition) is 3. The summed E-state index contributed by atoms with van der Waals surface area (Å²) in [5.74, 6) is -0.0387. The van der Waals surface area contributed by atoms with E-state index in [0.29, 0.717) is 19.4 Å². The molecule has 84 heavy (non-hydrogen) atoms. The molecular formula is C78H153NO5. The highest BCUT2D eigenvalue weighted by Gasteiger charge is 2.18. The van der Waals surface area contributed by atoms with Gasteiger partial charge in [-0.25, -0.2) is 0 Å². The highest BCUT2D eigenvalue weighted by molar-refractivity contribution is 5.76. The zero-order valence-electron chi connectivity index (χ0n) is 57.4. The summed E-state index contributed by atoms with van der Waals surface area (Å²) >= 11 is 0. The largest absolute Gasteiger partial charge is 0.466 e. The summed E-state index contributed by atoms with van der Waals surface area (Å²) < 4.78 is 5.52. The second kappa shape index (κ2) is 74.1. The third kappa shape index (κ3) is 69.7. The number of hydrogen-bond acceptors (Lipinski definition) is 5. The first-order valence-corrected chi connectivity index (χ1v) is 39.0. The molecule has 3 N–H and O–H groups in total. The van der Waals surface area contributed by atoms with Crippen LogP contribution in [0.4, 0.5) is 0 Å². The quantitative estimate of drug-likeness (QED) is 0.0320. The van der Waals surface area contributed by atoms with E-state index >= 15 is 0 Å². The number of rotatable bonds is 74. The maximum absolute atomic E-state index is 12.6. The van der Waals surface area contributed by atoms with Crippen molar-refractivity contribution < 1.29 is 24.5 Å². The monoisotopic (exact) mass is 1180 g/mol. The number of esters is 1. The van der Waals surface area contributed by atoms with Crippen LogP contribution in [0.3, 0.4) is 0 Å². The molecule has 0 saturated heterocycles. The van der Waals surface area contributed by atoms with Crippen molar-refractivity contribution in [3.8, 4) is 0 Å². The normalized spacial score (nSPS) is 12.5. The number of nitrogens with one attached hydrogen (secondary N) is 1. The molecule has 6 heteroatoms. The fourth-order valence-corrected chi connectivity index (χ4v) is 12.6. The van der Waals surface area contributed by atoms with E-state index < -0.39 is 12.1 Å². The molecule has 0 spiro atoms. The first-order chi connectivity index (χ1) is 41.5. The van der Waals surface area contributed by atoms with Crippen molar-refractivity contribution in [3.05, 3.63) is 12.2 Å². The highest BCUT2D eigenvalue weighted by Crippen LogP contribution is 2.20. The molecule has 1 amide bonds. The molecule has 0 bridgehead atoms. The summed E-state index contributed by atoms with van der Waals surface area (Å²) in [7, 11) is 0. The Morgan fingerprint density at radius 1 is 0.321 bits per heavy atom. The van der Waals surface area contributed by atoms with Gasteiger partial charge in [0.15, 0.2) is 0 Å². The molecule has 0 aromatic heterocycles. The Bertz CT molecular complexity index is 1270. The van der Waals surface area contributed by atoms with Crippen molar-refractivity contribution in [1.82, 2.24) is 5.32 Å². The van der Waals surface area contributed by atoms with Crippen LogP contribution < -0.4 is 5.32 Å². The number of amides is 1. The van der Waals surface area contributed by atoms with Crippen molar-refractivity contribution in [2.75, 3.05) is 13.2 Å². The molecule has 0 aromatic carbocycles. The molecule has 0 aliphatic heterocycles. The number of carbonyl (C=O) groups is 2. The van der Waals surface area contributed by atoms with E-state index in [1.165, 1.54) is 385 Å². The molecule has 0 radical (unpaired) electrons. The summed E-state index contributed by atoms with van der Waals surface area (Å²) in [4.78, 5) is 24.7. The van der Waals surface area contributed by atoms with Gasteiger partial charge >= 0.3 is 5.97 Å². The smallest absolute Gasteiger partial charge is 0.305 e. The van der Waals surface area contributed by atoms with Crippen LogP contribution in [-0.4, -0.2) is 47.4 Å². The van der Waals surface area contributed by atoms with Gasteiger partial charge in [0, 0.05) is 12.8 Å². The molecule has 2 atom stereocenters. The van der Waals surface area contributed by atoms with Gasteiger partial charge in [0.1, 0.15) is 0 Å². The van der Waals surface area contributed by atoms with Crippen molar-refractivity contribution >= 4 is 11.9 Å². The maximum Gasteiger partial charge on any atom is 0.305 e. The first kappa shape index (κ1) is 82.6. The molecule has 0 rings (SSSR count). The Labute approximate surface area is 527 Å². The average Bonchev–Trinajstić information content (AvgIpc) is 3.53. The Hall–Kier alpha value is -1.40. The summed E-state index contributed by atoms with van der Waals surface area (Å²) in [6.45, 7) is 4.97. The molecule has 0 fully saturated rings. The van der Waals surface area contributed by atoms with Crippen LogP contribution in [0.1, 0.15) is 450 Å². The molecule has 0 heterocycles. The molecular weight excluding hydrogens is 1030 g/mol. The van der Waals surface area contributed by atoms with Crippen LogP contribution in [-0.2, 0) is 14.3 Å². The van der Waals surface area contributed by atoms with E-state index in [1.807, 2.05) is 6.08 Å². The van der Waals surface area contributed by atoms with Gasteiger partial charge in [0.2, 0.25) is 5.91 Å². The number of aliphatic hydroxyl groups excluding tert-OH is 2. The van der Waals surface area contributed by atoms with Crippen molar-refractivity contribution in [2.45, 2.75) is 463 Å². The molecule has 500 valence electrons. The number of aliphatic hydroxyl groups is 2. The minimum Gasteiger partial charge on any atom is -0.466 e. The number of allylic oxidation sites excluding steroid dienone is 1. The Morgan fingerprint density at radius 2 is 0.548 bits per heavy atom. The van der Waals surface area contributed by atoms with Crippen LogP contribution in [0.5, 0.6) is 0 Å². The van der Waals surface area contributed by atoms with Crippen LogP contribution in [0.2, 0.25) is 0 Å². The highest BCUT2D eigenvalue weighted by atomic mass is 16.5. The fraction of sp³-hybridized carbons (Fsp3) is 0.949. The van der Waals surface area contributed by atoms with E-state index in [4.69, 9.17) is 4.74 Å². The minimum atomic E-state index is -0.844. The van der Waals surface area contributed by atoms with Crippen molar-refractivity contribution in [3.63, 3.8) is 0 Å². The van der Waals surface area contributed by atoms with Gasteiger partial charge in [-0.3, -0.25) is 9.59 Å². The van der Waals surface area contributed by atoms with E-state index in [9.17, 15) is 19.8 Å². The van der Waals surface area contributed by atoms with E-state index in [2.05, 4.69) is 19.2 Å². The Kier molecular flexibility index (Phi) is 72.8. The average molecular weight is 1190 g/mol. The predicted octanol–water partition coefficient (Wildman–Crippen LogP) is 25.5. The lowest BCUT2D eigenvalue weighted by molar-refractivity contribution is -0.143. The van der Waals surface area contributed by atoms with Gasteiger partial charge in [-0.1, -0.05) is 418 Å². The molecule has 0 aliphatic carbocycles. The summed E-state index contributed by atoms with van der Waals surface area (Å²) in [6, 6.07) is -0.627. The zero-order chi connectivity index (χ0) is 60.6. The number of carbonyl (C=O) groups excluding carboxylic acids is 2. The van der Waals surface area contributed by atoms with Gasteiger partial charge < -0.3 is 20.3 Å². The zero-order valence-corrected chi connectivity index (χ0v) is 57.4. The van der Waals surface area contributed by atoms with E-state index in [0.717, 1.165) is 38.5 Å². The van der Waals surface area contributed by atoms with E-state index in [1.54, 1.807) is 6.08 Å². The van der Waals surface area contributed by atoms with Crippen LogP contribution in [0.25, 0.3) is 0 Å². The number of ether oxygens (including phenoxy) is 1. The Morgan fingerprint density at radius 3 is 0.810 bits per heavy atom. The molecule has 0 aromatic rings. The molecule has 2 unspecified atom stereocenters. The Balaban J connectivity index is 3.37. The topological polar surface area (TPSA) is 95.9 Å². The maximum atomic E-state index is 12.6. The van der Waals surface area contributed by atoms with Crippen LogP contribution in [0, 0.1) is 0 Å². The summed E-state index contributed by atoms with van der Waals surface area (Å²) in [6.07, 6.45) is 93.2. The standard InChI is InChI=1S/C78H153NO5/c1-3-5-7-9-11-13-15-17-19-21-23-24-25-29-32-35-38-42-46-50-54-58-62-66-70-76(81)75(74-80)79-77(82)71-67-63-59-55-51-47-43-39-36-33-30-27-26-28-31-34-37-41-45-49-53-57-61-65-69-73-84-78(83)72-68-64-60-56-52-48-44-40-22-20-18-16-14-12-10-8-6-4-2/h66,70,75-76,80-81H,3-65,67-69,71-74H2,1-2H3,(H,79,82)/b70-66+. The molecule has 0 saturated carbocycles. The third-order valence-corrected chi connectivity index (χ3v) is 18.6. The third-order valence-electron chi connectivity index (χ3n) is 18.6. The van der Waals surface area contributed by atoms with Crippen molar-refractivity contribution in [1.29, 1.82) is 0 Å². The van der Waals surface area contributed by atoms with Gasteiger partial charge in [0.05, 0.1) is 25.4 Å². The van der Waals surface area contributed by atoms with E-state index in [-0.39, 0.29) is 18.5 Å². The van der Waals surface area contributed by atoms with Gasteiger partial charge in [0.25, 0.3) is 0 Å². The lowest BCUT2D eigenvalue weighted by Gasteiger charge is -2.20. The molecule has 0 aliphatic rings. The minimum absolute atomic E-state index is 0.0218. The summed E-state index contributed by atoms with van der Waals surface area (Å²) in [5.41, 5.74) is 0. The predicted molar refractivity (Wildman–Crippen MR) is 370 cm³/mol. The summed E-state index contributed by atoms with van der Waals surface area (Å²) in [5, 5.41) is 23.3. The second-order valence-corrected chi connectivity index (χ2v) is 27.1. The fourth-order valence-electron chi connectivity index (χ4n) is 12.6. The van der Waals surface area contributed by atoms with Gasteiger partial charge in [-0.15, -0.1) is 0 Å². The van der Waals surface area contributed by atoms with Gasteiger partial charge in [-0.2, -0.15) is 0 Å². The molecule has 6 nitrogen and oxygen atoms in total. The van der Waals surface area contributed by atoms with Crippen LogP contribution in [0.15, 0.2) is 12.2 Å². The first-order valence-electron chi connectivity index (χ1n) is 39.0. The second-order valence-electron chi connectivity index (χ2n) is 27.1. The SMILES string of the molecule is CCCCCCCCCCCCCCCCCCCCCCCC/C=C/C(O)C(CO)NC(=O)CCCCCCCCCCCCCCCCCCCCCCCCCCCOC(=O)CCCCCCCCCCCCCCCCCCCC.